The van der Waals surface area contributed by atoms with E-state index in [0.29, 0.717) is 55.4 Å². The van der Waals surface area contributed by atoms with Crippen molar-refractivity contribution in [2.45, 2.75) is 70.0 Å². The topological polar surface area (TPSA) is 97.6 Å². The van der Waals surface area contributed by atoms with E-state index < -0.39 is 17.6 Å². The van der Waals surface area contributed by atoms with Crippen molar-refractivity contribution in [2.24, 2.45) is 0 Å². The second kappa shape index (κ2) is 12.5. The van der Waals surface area contributed by atoms with Crippen LogP contribution in [0.2, 0.25) is 0 Å². The first-order valence-electron chi connectivity index (χ1n) is 13.4. The smallest absolute Gasteiger partial charge is 0.258 e. The molecule has 204 valence electrons. The van der Waals surface area contributed by atoms with Gasteiger partial charge in [0.05, 0.1) is 24.4 Å². The number of fused-ring (bicyclic) bond motifs is 1. The van der Waals surface area contributed by atoms with E-state index in [2.05, 4.69) is 15.3 Å². The number of oxazole rings is 1. The maximum atomic E-state index is 15.6. The second-order valence-electron chi connectivity index (χ2n) is 10.1. The van der Waals surface area contributed by atoms with Gasteiger partial charge in [0, 0.05) is 44.2 Å². The fourth-order valence-corrected chi connectivity index (χ4v) is 4.77. The van der Waals surface area contributed by atoms with Crippen LogP contribution in [0.15, 0.2) is 40.9 Å². The van der Waals surface area contributed by atoms with Gasteiger partial charge in [-0.2, -0.15) is 0 Å². The number of methoxy groups -OCH3 is 1. The Labute approximate surface area is 223 Å². The van der Waals surface area contributed by atoms with Crippen LogP contribution in [0.4, 0.5) is 4.39 Å². The van der Waals surface area contributed by atoms with E-state index in [1.54, 1.807) is 13.3 Å². The average Bonchev–Trinajstić information content (AvgIpc) is 3.43. The van der Waals surface area contributed by atoms with Crippen LogP contribution in [0.3, 0.4) is 0 Å². The average molecular weight is 525 g/mol. The van der Waals surface area contributed by atoms with Gasteiger partial charge in [-0.15, -0.1) is 0 Å². The molecular weight excluding hydrogens is 487 g/mol. The van der Waals surface area contributed by atoms with Crippen LogP contribution >= 0.6 is 0 Å². The first kappa shape index (κ1) is 27.7. The van der Waals surface area contributed by atoms with Crippen LogP contribution in [0.1, 0.15) is 70.2 Å². The molecule has 9 heteroatoms. The predicted octanol–water partition coefficient (Wildman–Crippen LogP) is 5.42. The van der Waals surface area contributed by atoms with Gasteiger partial charge in [0.15, 0.2) is 11.4 Å². The molecule has 3 aromatic rings. The molecule has 1 fully saturated rings. The highest BCUT2D eigenvalue weighted by atomic mass is 19.1. The molecule has 1 atom stereocenters. The van der Waals surface area contributed by atoms with Gasteiger partial charge in [-0.25, -0.2) is 14.4 Å². The third-order valence-electron chi connectivity index (χ3n) is 7.30. The van der Waals surface area contributed by atoms with Gasteiger partial charge in [-0.1, -0.05) is 38.0 Å². The standard InChI is InChI=1S/C29H37FN4O4/c1-4-21(35)11-6-5-7-13-24(33-28(36)29(30)14-16-34(2)17-15-29)27-31-19-25(38-27)22-18-20-10-8-9-12-23(20)32-26(22)37-3/h8-10,12,18-19,24H,4-7,11,13-17H2,1-3H3,(H,33,36). The number of aromatic nitrogens is 2. The largest absolute Gasteiger partial charge is 0.480 e. The van der Waals surface area contributed by atoms with Gasteiger partial charge in [-0.3, -0.25) is 9.59 Å². The number of carbonyl (C=O) groups excluding carboxylic acids is 2. The lowest BCUT2D eigenvalue weighted by Gasteiger charge is -2.34. The molecule has 1 aromatic carbocycles. The minimum Gasteiger partial charge on any atom is -0.480 e. The molecule has 1 amide bonds. The van der Waals surface area contributed by atoms with Crippen LogP contribution in [0.5, 0.6) is 5.88 Å². The molecule has 3 heterocycles. The lowest BCUT2D eigenvalue weighted by Crippen LogP contribution is -2.51. The molecule has 4 rings (SSSR count). The quantitative estimate of drug-likeness (QED) is 0.316. The van der Waals surface area contributed by atoms with E-state index in [4.69, 9.17) is 9.15 Å². The van der Waals surface area contributed by atoms with Crippen molar-refractivity contribution in [1.82, 2.24) is 20.2 Å². The number of carbonyl (C=O) groups is 2. The molecule has 1 N–H and O–H groups in total. The summed E-state index contributed by atoms with van der Waals surface area (Å²) in [5.74, 6) is 0.789. The molecule has 0 saturated carbocycles. The number of Topliss-reactive ketones (excluding diaryl/α,β-unsaturated/α-hetero) is 1. The zero-order valence-electron chi connectivity index (χ0n) is 22.5. The van der Waals surface area contributed by atoms with Crippen LogP contribution in [-0.4, -0.2) is 59.5 Å². The Bertz CT molecular complexity index is 1250. The minimum absolute atomic E-state index is 0.151. The number of nitrogens with one attached hydrogen (secondary N) is 1. The summed E-state index contributed by atoms with van der Waals surface area (Å²) in [5, 5.41) is 3.82. The monoisotopic (exact) mass is 524 g/mol. The number of halogens is 1. The van der Waals surface area contributed by atoms with Crippen molar-refractivity contribution in [3.63, 3.8) is 0 Å². The van der Waals surface area contributed by atoms with Crippen LogP contribution < -0.4 is 10.1 Å². The first-order chi connectivity index (χ1) is 18.3. The van der Waals surface area contributed by atoms with Crippen molar-refractivity contribution in [3.8, 4) is 17.2 Å². The first-order valence-corrected chi connectivity index (χ1v) is 13.4. The van der Waals surface area contributed by atoms with Gasteiger partial charge >= 0.3 is 0 Å². The summed E-state index contributed by atoms with van der Waals surface area (Å²) < 4.78 is 27.2. The van der Waals surface area contributed by atoms with E-state index in [9.17, 15) is 9.59 Å². The SMILES string of the molecule is CCC(=O)CCCCCC(NC(=O)C1(F)CCN(C)CC1)c1ncc(-c2cc3ccccc3nc2OC)o1. The van der Waals surface area contributed by atoms with Crippen LogP contribution in [-0.2, 0) is 9.59 Å². The minimum atomic E-state index is -1.92. The number of ether oxygens (including phenoxy) is 1. The van der Waals surface area contributed by atoms with E-state index in [1.807, 2.05) is 49.2 Å². The molecule has 1 saturated heterocycles. The van der Waals surface area contributed by atoms with Crippen molar-refractivity contribution >= 4 is 22.6 Å². The summed E-state index contributed by atoms with van der Waals surface area (Å²) in [6.45, 7) is 2.92. The number of pyridine rings is 1. The number of nitrogens with zero attached hydrogens (tertiary/aromatic N) is 3. The highest BCUT2D eigenvalue weighted by molar-refractivity contribution is 5.86. The Kier molecular flexibility index (Phi) is 9.09. The number of hydrogen-bond donors (Lipinski definition) is 1. The number of benzene rings is 1. The van der Waals surface area contributed by atoms with Gasteiger partial charge in [-0.05, 0) is 32.0 Å². The number of hydrogen-bond acceptors (Lipinski definition) is 7. The molecule has 2 aromatic heterocycles. The Hall–Kier alpha value is -3.33. The molecule has 0 radical (unpaired) electrons. The number of alkyl halides is 1. The summed E-state index contributed by atoms with van der Waals surface area (Å²) in [6, 6.07) is 9.04. The molecule has 8 nitrogen and oxygen atoms in total. The van der Waals surface area contributed by atoms with Gasteiger partial charge in [0.25, 0.3) is 5.91 Å². The number of rotatable bonds is 12. The predicted molar refractivity (Wildman–Crippen MR) is 144 cm³/mol. The summed E-state index contributed by atoms with van der Waals surface area (Å²) in [4.78, 5) is 35.8. The third-order valence-corrected chi connectivity index (χ3v) is 7.30. The highest BCUT2D eigenvalue weighted by Gasteiger charge is 2.42. The maximum absolute atomic E-state index is 15.6. The maximum Gasteiger partial charge on any atom is 0.258 e. The fourth-order valence-electron chi connectivity index (χ4n) is 4.77. The molecule has 0 aliphatic carbocycles. The van der Waals surface area contributed by atoms with Crippen LogP contribution in [0, 0.1) is 0 Å². The van der Waals surface area contributed by atoms with Gasteiger partial charge < -0.3 is 19.4 Å². The van der Waals surface area contributed by atoms with Crippen molar-refractivity contribution in [1.29, 1.82) is 0 Å². The third kappa shape index (κ3) is 6.56. The number of piperidine rings is 1. The van der Waals surface area contributed by atoms with Crippen LogP contribution in [0.25, 0.3) is 22.2 Å². The molecule has 0 bridgehead atoms. The summed E-state index contributed by atoms with van der Waals surface area (Å²) in [6.07, 6.45) is 5.84. The molecule has 0 spiro atoms. The summed E-state index contributed by atoms with van der Waals surface area (Å²) >= 11 is 0. The Morgan fingerprint density at radius 2 is 1.97 bits per heavy atom. The van der Waals surface area contributed by atoms with Gasteiger partial charge in [0.1, 0.15) is 11.8 Å². The van der Waals surface area contributed by atoms with Crippen molar-refractivity contribution in [2.75, 3.05) is 27.2 Å². The zero-order chi connectivity index (χ0) is 27.1. The molecular formula is C29H37FN4O4. The number of unbranched alkanes of at least 4 members (excludes halogenated alkanes) is 2. The molecule has 38 heavy (non-hydrogen) atoms. The van der Waals surface area contributed by atoms with Crippen molar-refractivity contribution < 1.29 is 23.1 Å². The Balaban J connectivity index is 1.54. The van der Waals surface area contributed by atoms with Crippen molar-refractivity contribution in [3.05, 3.63) is 42.4 Å². The number of likely N-dealkylation sites (tertiary alicyclic amines) is 1. The Morgan fingerprint density at radius 1 is 1.21 bits per heavy atom. The summed E-state index contributed by atoms with van der Waals surface area (Å²) in [7, 11) is 3.47. The number of ketones is 1. The number of amides is 1. The van der Waals surface area contributed by atoms with E-state index in [-0.39, 0.29) is 18.6 Å². The Morgan fingerprint density at radius 3 is 2.71 bits per heavy atom. The second-order valence-corrected chi connectivity index (χ2v) is 10.1. The lowest BCUT2D eigenvalue weighted by atomic mass is 9.92. The van der Waals surface area contributed by atoms with E-state index in [1.165, 1.54) is 0 Å². The lowest BCUT2D eigenvalue weighted by molar-refractivity contribution is -0.137. The molecule has 1 unspecified atom stereocenters. The van der Waals surface area contributed by atoms with E-state index >= 15 is 4.39 Å². The molecule has 1 aliphatic heterocycles. The normalized spacial score (nSPS) is 16.3. The number of para-hydroxylation sites is 1. The highest BCUT2D eigenvalue weighted by Crippen LogP contribution is 2.34. The van der Waals surface area contributed by atoms with E-state index in [0.717, 1.165) is 30.2 Å². The fraction of sp³-hybridized carbons (Fsp3) is 0.517. The zero-order valence-corrected chi connectivity index (χ0v) is 22.5. The van der Waals surface area contributed by atoms with Gasteiger partial charge in [0.2, 0.25) is 11.8 Å². The molecule has 1 aliphatic rings. The summed E-state index contributed by atoms with van der Waals surface area (Å²) in [5.41, 5.74) is -0.476.